The van der Waals surface area contributed by atoms with E-state index in [0.717, 1.165) is 24.8 Å². The van der Waals surface area contributed by atoms with E-state index in [1.165, 1.54) is 19.3 Å². The Hall–Kier alpha value is -1.20. The Labute approximate surface area is 161 Å². The van der Waals surface area contributed by atoms with E-state index in [2.05, 4.69) is 5.32 Å². The van der Waals surface area contributed by atoms with Gasteiger partial charge in [-0.25, -0.2) is 4.79 Å². The minimum atomic E-state index is -2.66. The van der Waals surface area contributed by atoms with Crippen molar-refractivity contribution in [2.75, 3.05) is 13.2 Å². The summed E-state index contributed by atoms with van der Waals surface area (Å²) >= 11 is 0. The monoisotopic (exact) mass is 395 g/mol. The normalized spacial score (nSPS) is 26.4. The number of ether oxygens (including phenoxy) is 1. The molecule has 2 aliphatic rings. The number of hydrogen-bond donors (Lipinski definition) is 3. The first-order chi connectivity index (χ1) is 13.0. The van der Waals surface area contributed by atoms with Gasteiger partial charge in [0.1, 0.15) is 0 Å². The van der Waals surface area contributed by atoms with Gasteiger partial charge in [-0.2, -0.15) is 0 Å². The number of carbonyl (C=O) groups is 1. The van der Waals surface area contributed by atoms with Gasteiger partial charge in [0.05, 0.1) is 23.9 Å². The molecule has 0 spiro atoms. The van der Waals surface area contributed by atoms with E-state index in [9.17, 15) is 19.4 Å². The Morgan fingerprint density at radius 2 is 2.00 bits per heavy atom. The maximum atomic E-state index is 12.0. The summed E-state index contributed by atoms with van der Waals surface area (Å²) in [5.74, 6) is -0.389. The predicted octanol–water partition coefficient (Wildman–Crippen LogP) is 3.09. The summed E-state index contributed by atoms with van der Waals surface area (Å²) in [6, 6.07) is 7.02. The van der Waals surface area contributed by atoms with Crippen molar-refractivity contribution in [3.8, 4) is 0 Å². The lowest BCUT2D eigenvalue weighted by atomic mass is 9.85. The van der Waals surface area contributed by atoms with E-state index in [-0.39, 0.29) is 17.8 Å². The molecule has 4 atom stereocenters. The van der Waals surface area contributed by atoms with Crippen molar-refractivity contribution in [3.05, 3.63) is 35.4 Å². The third-order valence-electron chi connectivity index (χ3n) is 5.91. The minimum Gasteiger partial charge on any atom is -0.478 e. The zero-order chi connectivity index (χ0) is 19.2. The smallest absolute Gasteiger partial charge is 0.335 e. The molecule has 7 heteroatoms. The number of hydrogen-bond acceptors (Lipinski definition) is 4. The molecule has 1 saturated carbocycles. The highest BCUT2D eigenvalue weighted by Gasteiger charge is 2.33. The van der Waals surface area contributed by atoms with Crippen LogP contribution in [-0.4, -0.2) is 46.9 Å². The predicted molar refractivity (Wildman–Crippen MR) is 105 cm³/mol. The largest absolute Gasteiger partial charge is 0.478 e. The van der Waals surface area contributed by atoms with Crippen LogP contribution in [0.15, 0.2) is 24.3 Å². The Balaban J connectivity index is 1.55. The number of benzene rings is 1. The molecule has 0 radical (unpaired) electrons. The van der Waals surface area contributed by atoms with Crippen LogP contribution < -0.4 is 5.32 Å². The molecule has 1 heterocycles. The van der Waals surface area contributed by atoms with Gasteiger partial charge < -0.3 is 20.1 Å². The first-order valence-electron chi connectivity index (χ1n) is 9.93. The van der Waals surface area contributed by atoms with Crippen molar-refractivity contribution < 1.29 is 24.1 Å². The summed E-state index contributed by atoms with van der Waals surface area (Å²) in [6.07, 6.45) is 7.12. The van der Waals surface area contributed by atoms with Crippen molar-refractivity contribution in [2.24, 2.45) is 5.92 Å². The Bertz CT molecular complexity index is 654. The van der Waals surface area contributed by atoms with Gasteiger partial charge in [-0.15, -0.1) is 0 Å². The van der Waals surface area contributed by atoms with Crippen molar-refractivity contribution in [1.82, 2.24) is 5.32 Å². The summed E-state index contributed by atoms with van der Waals surface area (Å²) in [5, 5.41) is 12.7. The average molecular weight is 395 g/mol. The number of carboxylic acids is 1. The molecule has 0 bridgehead atoms. The fourth-order valence-corrected chi connectivity index (χ4v) is 5.46. The van der Waals surface area contributed by atoms with Gasteiger partial charge >= 0.3 is 5.97 Å². The molecule has 6 nitrogen and oxygen atoms in total. The Kier molecular flexibility index (Phi) is 7.48. The fourth-order valence-electron chi connectivity index (χ4n) is 4.40. The van der Waals surface area contributed by atoms with Crippen LogP contribution in [0.2, 0.25) is 0 Å². The molecule has 2 unspecified atom stereocenters. The van der Waals surface area contributed by atoms with E-state index in [1.807, 2.05) is 12.1 Å². The van der Waals surface area contributed by atoms with E-state index in [1.54, 1.807) is 12.1 Å². The van der Waals surface area contributed by atoms with Crippen LogP contribution in [-0.2, 0) is 15.7 Å². The molecule has 27 heavy (non-hydrogen) atoms. The summed E-state index contributed by atoms with van der Waals surface area (Å²) < 4.78 is 18.0. The molecular formula is C20H30NO5P. The first-order valence-corrected chi connectivity index (χ1v) is 11.4. The lowest BCUT2D eigenvalue weighted by Gasteiger charge is -2.36. The molecular weight excluding hydrogens is 365 g/mol. The summed E-state index contributed by atoms with van der Waals surface area (Å²) in [5.41, 5.74) is 0.800. The number of nitrogens with one attached hydrogen (secondary N) is 1. The van der Waals surface area contributed by atoms with E-state index < -0.39 is 14.0 Å². The van der Waals surface area contributed by atoms with Crippen molar-refractivity contribution in [2.45, 2.75) is 62.8 Å². The van der Waals surface area contributed by atoms with Gasteiger partial charge in [0.2, 0.25) is 0 Å². The molecule has 3 rings (SSSR count). The highest BCUT2D eigenvalue weighted by molar-refractivity contribution is 7.39. The third kappa shape index (κ3) is 5.64. The summed E-state index contributed by atoms with van der Waals surface area (Å²) in [4.78, 5) is 21.2. The van der Waals surface area contributed by atoms with Gasteiger partial charge in [-0.05, 0) is 30.4 Å². The lowest BCUT2D eigenvalue weighted by molar-refractivity contribution is -0.00273. The Morgan fingerprint density at radius 3 is 2.63 bits per heavy atom. The fraction of sp³-hybridized carbons (Fsp3) is 0.650. The zero-order valence-electron chi connectivity index (χ0n) is 15.6. The quantitative estimate of drug-likeness (QED) is 0.614. The molecule has 0 aromatic heterocycles. The van der Waals surface area contributed by atoms with Crippen LogP contribution in [0.3, 0.4) is 0 Å². The highest BCUT2D eigenvalue weighted by atomic mass is 31.1. The second-order valence-electron chi connectivity index (χ2n) is 7.83. The van der Waals surface area contributed by atoms with E-state index in [4.69, 9.17) is 4.74 Å². The van der Waals surface area contributed by atoms with E-state index >= 15 is 0 Å². The van der Waals surface area contributed by atoms with Gasteiger partial charge in [-0.1, -0.05) is 50.3 Å². The van der Waals surface area contributed by atoms with Gasteiger partial charge in [0, 0.05) is 12.6 Å². The molecule has 150 valence electrons. The molecule has 1 saturated heterocycles. The molecule has 1 aromatic carbocycles. The molecule has 2 fully saturated rings. The number of aromatic carboxylic acids is 1. The Morgan fingerprint density at radius 1 is 1.26 bits per heavy atom. The van der Waals surface area contributed by atoms with Crippen LogP contribution in [0.25, 0.3) is 0 Å². The average Bonchev–Trinajstić information content (AvgIpc) is 2.68. The lowest BCUT2D eigenvalue weighted by Crippen LogP contribution is -2.51. The van der Waals surface area contributed by atoms with Gasteiger partial charge in [-0.3, -0.25) is 4.57 Å². The standard InChI is InChI=1S/C20H30NO5P/c22-20(23)17-9-5-4-8-15(17)11-16-13-26-18(12-21-16)19(27(24)25)10-14-6-2-1-3-7-14/h4-5,8-9,14,16,18-19,21,27H,1-3,6-7,10-13H2,(H,22,23)(H,24,25)/t16-,18+,19?/m1/s1. The molecule has 3 N–H and O–H groups in total. The number of carboxylic acid groups (broad SMARTS) is 1. The molecule has 0 amide bonds. The summed E-state index contributed by atoms with van der Waals surface area (Å²) in [6.45, 7) is 0.961. The third-order valence-corrected chi connectivity index (χ3v) is 7.15. The SMILES string of the molecule is O=C(O)c1ccccc1C[C@@H]1CO[C@H](C(CC2CCCCC2)[PH](=O)O)CN1. The van der Waals surface area contributed by atoms with Crippen LogP contribution in [0, 0.1) is 5.92 Å². The second-order valence-corrected chi connectivity index (χ2v) is 9.25. The molecule has 1 aromatic rings. The highest BCUT2D eigenvalue weighted by Crippen LogP contribution is 2.37. The minimum absolute atomic E-state index is 0.0121. The van der Waals surface area contributed by atoms with Crippen LogP contribution in [0.5, 0.6) is 0 Å². The second kappa shape index (κ2) is 9.83. The summed E-state index contributed by atoms with van der Waals surface area (Å²) in [7, 11) is -2.66. The molecule has 1 aliphatic heterocycles. The maximum absolute atomic E-state index is 12.0. The van der Waals surface area contributed by atoms with Crippen molar-refractivity contribution >= 4 is 14.0 Å². The van der Waals surface area contributed by atoms with Crippen molar-refractivity contribution in [1.29, 1.82) is 0 Å². The molecule has 1 aliphatic carbocycles. The number of rotatable bonds is 7. The van der Waals surface area contributed by atoms with Crippen molar-refractivity contribution in [3.63, 3.8) is 0 Å². The van der Waals surface area contributed by atoms with Crippen LogP contribution >= 0.6 is 8.03 Å². The zero-order valence-corrected chi connectivity index (χ0v) is 16.6. The maximum Gasteiger partial charge on any atom is 0.335 e. The van der Waals surface area contributed by atoms with Gasteiger partial charge in [0.15, 0.2) is 8.03 Å². The topological polar surface area (TPSA) is 95.9 Å². The van der Waals surface area contributed by atoms with Gasteiger partial charge in [0.25, 0.3) is 0 Å². The first kappa shape index (κ1) is 20.5. The van der Waals surface area contributed by atoms with E-state index in [0.29, 0.717) is 31.1 Å². The number of morpholine rings is 1. The van der Waals surface area contributed by atoms with Crippen LogP contribution in [0.4, 0.5) is 0 Å². The van der Waals surface area contributed by atoms with Crippen LogP contribution in [0.1, 0.15) is 54.4 Å².